The second kappa shape index (κ2) is 5.27. The average Bonchev–Trinajstić information content (AvgIpc) is 2.83. The molecule has 0 bridgehead atoms. The Morgan fingerprint density at radius 1 is 1.31 bits per heavy atom. The highest BCUT2D eigenvalue weighted by Crippen LogP contribution is 2.16. The van der Waals surface area contributed by atoms with Crippen molar-refractivity contribution in [3.8, 4) is 5.75 Å². The number of hydrogen-bond donors (Lipinski definition) is 1. The zero-order valence-corrected chi connectivity index (χ0v) is 9.01. The Bertz CT molecular complexity index is 429. The van der Waals surface area contributed by atoms with Crippen LogP contribution in [0.3, 0.4) is 0 Å². The van der Waals surface area contributed by atoms with Gasteiger partial charge in [0.15, 0.2) is 5.82 Å². The fraction of sp³-hybridized carbons (Fsp3) is 0.273. The molecule has 1 N–H and O–H groups in total. The van der Waals surface area contributed by atoms with Crippen molar-refractivity contribution in [2.45, 2.75) is 13.1 Å². The second-order valence-corrected chi connectivity index (χ2v) is 3.26. The van der Waals surface area contributed by atoms with Crippen molar-refractivity contribution in [2.24, 2.45) is 0 Å². The summed E-state index contributed by atoms with van der Waals surface area (Å²) in [6.07, 6.45) is 1.32. The first-order valence-electron chi connectivity index (χ1n) is 4.98. The van der Waals surface area contributed by atoms with Crippen molar-refractivity contribution < 1.29 is 9.26 Å². The molecule has 1 aromatic heterocycles. The van der Waals surface area contributed by atoms with Gasteiger partial charge in [0.2, 0.25) is 6.39 Å². The van der Waals surface area contributed by atoms with Crippen LogP contribution in [-0.4, -0.2) is 17.3 Å². The van der Waals surface area contributed by atoms with E-state index in [4.69, 9.17) is 4.74 Å². The number of nitrogens with one attached hydrogen (secondary N) is 1. The number of aromatic nitrogens is 2. The number of para-hydroxylation sites is 1. The predicted octanol–water partition coefficient (Wildman–Crippen LogP) is 1.37. The topological polar surface area (TPSA) is 60.2 Å². The Morgan fingerprint density at radius 2 is 2.19 bits per heavy atom. The molecular formula is C11H13N3O2. The Morgan fingerprint density at radius 3 is 2.94 bits per heavy atom. The van der Waals surface area contributed by atoms with Crippen LogP contribution in [0.4, 0.5) is 0 Å². The summed E-state index contributed by atoms with van der Waals surface area (Å²) in [4.78, 5) is 3.92. The smallest absolute Gasteiger partial charge is 0.213 e. The Balaban J connectivity index is 1.89. The summed E-state index contributed by atoms with van der Waals surface area (Å²) in [5, 5.41) is 6.92. The van der Waals surface area contributed by atoms with Crippen molar-refractivity contribution in [3.63, 3.8) is 0 Å². The number of nitrogens with zero attached hydrogens (tertiary/aromatic N) is 2. The first kappa shape index (κ1) is 10.6. The minimum absolute atomic E-state index is 0.578. The van der Waals surface area contributed by atoms with E-state index in [0.717, 1.165) is 11.3 Å². The second-order valence-electron chi connectivity index (χ2n) is 3.26. The maximum Gasteiger partial charge on any atom is 0.213 e. The molecule has 0 aliphatic rings. The van der Waals surface area contributed by atoms with Crippen LogP contribution in [-0.2, 0) is 13.1 Å². The van der Waals surface area contributed by atoms with Crippen LogP contribution in [0.25, 0.3) is 0 Å². The zero-order valence-electron chi connectivity index (χ0n) is 9.01. The summed E-state index contributed by atoms with van der Waals surface area (Å²) >= 11 is 0. The van der Waals surface area contributed by atoms with Crippen LogP contribution in [0.15, 0.2) is 35.2 Å². The van der Waals surface area contributed by atoms with Gasteiger partial charge in [0.25, 0.3) is 0 Å². The molecule has 0 radical (unpaired) electrons. The molecule has 2 rings (SSSR count). The molecule has 0 saturated carbocycles. The molecular weight excluding hydrogens is 206 g/mol. The Labute approximate surface area is 93.4 Å². The highest BCUT2D eigenvalue weighted by atomic mass is 16.5. The quantitative estimate of drug-likeness (QED) is 0.822. The summed E-state index contributed by atoms with van der Waals surface area (Å²) in [6.45, 7) is 1.28. The first-order valence-corrected chi connectivity index (χ1v) is 4.98. The van der Waals surface area contributed by atoms with Crippen LogP contribution in [0, 0.1) is 0 Å². The largest absolute Gasteiger partial charge is 0.496 e. The summed E-state index contributed by atoms with van der Waals surface area (Å²) in [7, 11) is 1.66. The minimum atomic E-state index is 0.578. The molecule has 0 spiro atoms. The predicted molar refractivity (Wildman–Crippen MR) is 57.8 cm³/mol. The maximum absolute atomic E-state index is 5.24. The number of hydrogen-bond acceptors (Lipinski definition) is 5. The Kier molecular flexibility index (Phi) is 3.50. The van der Waals surface area contributed by atoms with Gasteiger partial charge in [0, 0.05) is 12.1 Å². The van der Waals surface area contributed by atoms with E-state index in [1.54, 1.807) is 7.11 Å². The van der Waals surface area contributed by atoms with Gasteiger partial charge in [-0.3, -0.25) is 0 Å². The van der Waals surface area contributed by atoms with E-state index < -0.39 is 0 Å². The molecule has 1 heterocycles. The summed E-state index contributed by atoms with van der Waals surface area (Å²) in [5.41, 5.74) is 1.11. The summed E-state index contributed by atoms with van der Waals surface area (Å²) < 4.78 is 9.88. The van der Waals surface area contributed by atoms with Crippen molar-refractivity contribution in [1.82, 2.24) is 15.5 Å². The number of methoxy groups -OCH3 is 1. The lowest BCUT2D eigenvalue weighted by Crippen LogP contribution is -2.14. The van der Waals surface area contributed by atoms with E-state index in [-0.39, 0.29) is 0 Å². The zero-order chi connectivity index (χ0) is 11.2. The van der Waals surface area contributed by atoms with E-state index >= 15 is 0 Å². The lowest BCUT2D eigenvalue weighted by atomic mass is 10.2. The summed E-state index contributed by atoms with van der Waals surface area (Å²) in [5.74, 6) is 1.53. The van der Waals surface area contributed by atoms with E-state index in [0.29, 0.717) is 18.9 Å². The monoisotopic (exact) mass is 219 g/mol. The highest BCUT2D eigenvalue weighted by Gasteiger charge is 2.02. The first-order chi connectivity index (χ1) is 7.90. The van der Waals surface area contributed by atoms with Crippen molar-refractivity contribution >= 4 is 0 Å². The molecule has 1 aromatic carbocycles. The van der Waals surface area contributed by atoms with Gasteiger partial charge in [0.1, 0.15) is 5.75 Å². The van der Waals surface area contributed by atoms with Crippen molar-refractivity contribution in [1.29, 1.82) is 0 Å². The van der Waals surface area contributed by atoms with Crippen LogP contribution in [0.2, 0.25) is 0 Å². The Hall–Kier alpha value is -1.88. The molecule has 5 heteroatoms. The molecule has 0 fully saturated rings. The lowest BCUT2D eigenvalue weighted by Gasteiger charge is -2.07. The fourth-order valence-corrected chi connectivity index (χ4v) is 1.43. The van der Waals surface area contributed by atoms with Gasteiger partial charge < -0.3 is 14.6 Å². The molecule has 0 atom stereocenters. The molecule has 0 unspecified atom stereocenters. The van der Waals surface area contributed by atoms with Gasteiger partial charge in [-0.15, -0.1) is 0 Å². The van der Waals surface area contributed by atoms with E-state index in [2.05, 4.69) is 20.0 Å². The molecule has 0 amide bonds. The van der Waals surface area contributed by atoms with Crippen LogP contribution >= 0.6 is 0 Å². The number of benzene rings is 1. The third kappa shape index (κ3) is 2.58. The van der Waals surface area contributed by atoms with Gasteiger partial charge >= 0.3 is 0 Å². The molecule has 0 saturated heterocycles. The van der Waals surface area contributed by atoms with Crippen molar-refractivity contribution in [3.05, 3.63) is 42.0 Å². The molecule has 84 valence electrons. The van der Waals surface area contributed by atoms with E-state index in [1.807, 2.05) is 24.3 Å². The van der Waals surface area contributed by atoms with Crippen LogP contribution < -0.4 is 10.1 Å². The molecule has 0 aliphatic carbocycles. The molecule has 0 aliphatic heterocycles. The van der Waals surface area contributed by atoms with Gasteiger partial charge in [-0.1, -0.05) is 23.4 Å². The third-order valence-electron chi connectivity index (χ3n) is 2.20. The van der Waals surface area contributed by atoms with Crippen LogP contribution in [0.1, 0.15) is 11.4 Å². The number of ether oxygens (including phenoxy) is 1. The third-order valence-corrected chi connectivity index (χ3v) is 2.20. The maximum atomic E-state index is 5.24. The van der Waals surface area contributed by atoms with Gasteiger partial charge in [-0.05, 0) is 6.07 Å². The normalized spacial score (nSPS) is 10.3. The molecule has 16 heavy (non-hydrogen) atoms. The number of rotatable bonds is 5. The minimum Gasteiger partial charge on any atom is -0.496 e. The molecule has 2 aromatic rings. The highest BCUT2D eigenvalue weighted by molar-refractivity contribution is 5.32. The van der Waals surface area contributed by atoms with E-state index in [9.17, 15) is 0 Å². The fourth-order valence-electron chi connectivity index (χ4n) is 1.43. The van der Waals surface area contributed by atoms with Crippen LogP contribution in [0.5, 0.6) is 5.75 Å². The standard InChI is InChI=1S/C11H13N3O2/c1-15-10-5-3-2-4-9(10)6-12-7-11-13-8-16-14-11/h2-5,8,12H,6-7H2,1H3. The van der Waals surface area contributed by atoms with Gasteiger partial charge in [-0.2, -0.15) is 4.98 Å². The molecule has 5 nitrogen and oxygen atoms in total. The van der Waals surface area contributed by atoms with Gasteiger partial charge in [0.05, 0.1) is 13.7 Å². The lowest BCUT2D eigenvalue weighted by molar-refractivity contribution is 0.403. The van der Waals surface area contributed by atoms with E-state index in [1.165, 1.54) is 6.39 Å². The van der Waals surface area contributed by atoms with Crippen molar-refractivity contribution in [2.75, 3.05) is 7.11 Å². The average molecular weight is 219 g/mol. The SMILES string of the molecule is COc1ccccc1CNCc1ncon1. The van der Waals surface area contributed by atoms with Gasteiger partial charge in [-0.25, -0.2) is 0 Å². The summed E-state index contributed by atoms with van der Waals surface area (Å²) in [6, 6.07) is 7.88.